The van der Waals surface area contributed by atoms with Crippen LogP contribution in [0.5, 0.6) is 11.5 Å². The summed E-state index contributed by atoms with van der Waals surface area (Å²) in [6, 6.07) is 10.3. The molecule has 0 fully saturated rings. The average molecular weight is 486 g/mol. The molecule has 4 rings (SSSR count). The Balaban J connectivity index is 1.40. The van der Waals surface area contributed by atoms with Gasteiger partial charge in [0, 0.05) is 50.7 Å². The van der Waals surface area contributed by atoms with Gasteiger partial charge in [-0.25, -0.2) is 0 Å². The highest BCUT2D eigenvalue weighted by molar-refractivity contribution is 6.32. The molecule has 0 saturated carbocycles. The molecule has 34 heavy (non-hydrogen) atoms. The van der Waals surface area contributed by atoms with E-state index in [-0.39, 0.29) is 11.8 Å². The van der Waals surface area contributed by atoms with E-state index in [0.29, 0.717) is 55.3 Å². The fourth-order valence-corrected chi connectivity index (χ4v) is 4.94. The van der Waals surface area contributed by atoms with Crippen molar-refractivity contribution in [3.8, 4) is 11.5 Å². The summed E-state index contributed by atoms with van der Waals surface area (Å²) in [6.07, 6.45) is 1.90. The molecule has 2 heterocycles. The van der Waals surface area contributed by atoms with Crippen LogP contribution in [0.2, 0.25) is 5.02 Å². The number of nitrogens with one attached hydrogen (secondary N) is 2. The SMILES string of the molecule is CC(C)CN(Cc1cc(Cl)c2c(c1)OCCCO2)C(=O)[C@@H](C)CNCc1cccc2c1NCC2. The van der Waals surface area contributed by atoms with Crippen molar-refractivity contribution in [3.63, 3.8) is 0 Å². The number of para-hydroxylation sites is 1. The van der Waals surface area contributed by atoms with E-state index in [4.69, 9.17) is 21.1 Å². The van der Waals surface area contributed by atoms with Crippen LogP contribution in [0.15, 0.2) is 30.3 Å². The maximum Gasteiger partial charge on any atom is 0.226 e. The molecule has 1 amide bonds. The van der Waals surface area contributed by atoms with E-state index in [1.54, 1.807) is 0 Å². The molecular formula is C27H36ClN3O3. The minimum Gasteiger partial charge on any atom is -0.489 e. The number of halogens is 1. The van der Waals surface area contributed by atoms with Crippen LogP contribution < -0.4 is 20.1 Å². The van der Waals surface area contributed by atoms with Gasteiger partial charge < -0.3 is 25.0 Å². The molecule has 7 heteroatoms. The molecule has 0 aliphatic carbocycles. The summed E-state index contributed by atoms with van der Waals surface area (Å²) in [7, 11) is 0. The minimum absolute atomic E-state index is 0.139. The molecule has 2 aromatic rings. The smallest absolute Gasteiger partial charge is 0.226 e. The van der Waals surface area contributed by atoms with Gasteiger partial charge in [0.2, 0.25) is 5.91 Å². The zero-order valence-corrected chi connectivity index (χ0v) is 21.2. The lowest BCUT2D eigenvalue weighted by Gasteiger charge is -2.28. The Labute approximate surface area is 208 Å². The number of anilines is 1. The van der Waals surface area contributed by atoms with Gasteiger partial charge in [-0.15, -0.1) is 0 Å². The summed E-state index contributed by atoms with van der Waals surface area (Å²) in [5.41, 5.74) is 4.84. The number of amides is 1. The lowest BCUT2D eigenvalue weighted by atomic mass is 10.1. The second-order valence-corrected chi connectivity index (χ2v) is 10.1. The normalized spacial score (nSPS) is 15.4. The van der Waals surface area contributed by atoms with E-state index in [9.17, 15) is 4.79 Å². The molecule has 0 spiro atoms. The maximum atomic E-state index is 13.4. The van der Waals surface area contributed by atoms with Crippen LogP contribution in [0, 0.1) is 11.8 Å². The van der Waals surface area contributed by atoms with Crippen LogP contribution >= 0.6 is 11.6 Å². The van der Waals surface area contributed by atoms with Crippen molar-refractivity contribution in [3.05, 3.63) is 52.0 Å². The number of ether oxygens (including phenoxy) is 2. The van der Waals surface area contributed by atoms with Crippen molar-refractivity contribution in [1.29, 1.82) is 0 Å². The van der Waals surface area contributed by atoms with Crippen molar-refractivity contribution < 1.29 is 14.3 Å². The number of rotatable bonds is 9. The maximum absolute atomic E-state index is 13.4. The van der Waals surface area contributed by atoms with Crippen LogP contribution in [0.3, 0.4) is 0 Å². The first-order chi connectivity index (χ1) is 16.4. The third-order valence-corrected chi connectivity index (χ3v) is 6.53. The number of hydrogen-bond acceptors (Lipinski definition) is 5. The van der Waals surface area contributed by atoms with Gasteiger partial charge in [-0.3, -0.25) is 4.79 Å². The summed E-state index contributed by atoms with van der Waals surface area (Å²) in [5.74, 6) is 1.62. The van der Waals surface area contributed by atoms with E-state index >= 15 is 0 Å². The fraction of sp³-hybridized carbons (Fsp3) is 0.519. The highest BCUT2D eigenvalue weighted by atomic mass is 35.5. The number of carbonyl (C=O) groups is 1. The van der Waals surface area contributed by atoms with E-state index in [1.165, 1.54) is 16.8 Å². The Hall–Kier alpha value is -2.44. The molecule has 184 valence electrons. The van der Waals surface area contributed by atoms with Crippen molar-refractivity contribution in [2.75, 3.05) is 38.2 Å². The molecule has 2 N–H and O–H groups in total. The van der Waals surface area contributed by atoms with Gasteiger partial charge in [-0.1, -0.05) is 50.6 Å². The molecule has 0 aromatic heterocycles. The first kappa shape index (κ1) is 24.7. The number of nitrogens with zero attached hydrogens (tertiary/aromatic N) is 1. The molecule has 2 aliphatic heterocycles. The lowest BCUT2D eigenvalue weighted by Crippen LogP contribution is -2.40. The van der Waals surface area contributed by atoms with Gasteiger partial charge in [0.25, 0.3) is 0 Å². The molecule has 1 atom stereocenters. The quantitative estimate of drug-likeness (QED) is 0.530. The highest BCUT2D eigenvalue weighted by Gasteiger charge is 2.23. The molecule has 2 aromatic carbocycles. The van der Waals surface area contributed by atoms with Crippen LogP contribution in [0.4, 0.5) is 5.69 Å². The van der Waals surface area contributed by atoms with Crippen molar-refractivity contribution >= 4 is 23.2 Å². The third kappa shape index (κ3) is 5.97. The summed E-state index contributed by atoms with van der Waals surface area (Å²) in [5, 5.41) is 7.51. The topological polar surface area (TPSA) is 62.8 Å². The van der Waals surface area contributed by atoms with Gasteiger partial charge in [0.05, 0.1) is 18.2 Å². The Bertz CT molecular complexity index is 1010. The zero-order chi connectivity index (χ0) is 24.1. The molecule has 0 bridgehead atoms. The van der Waals surface area contributed by atoms with Gasteiger partial charge in [-0.05, 0) is 41.2 Å². The Kier molecular flexibility index (Phi) is 8.22. The minimum atomic E-state index is -0.139. The van der Waals surface area contributed by atoms with Crippen molar-refractivity contribution in [2.45, 2.75) is 46.7 Å². The molecule has 6 nitrogen and oxygen atoms in total. The van der Waals surface area contributed by atoms with Crippen LogP contribution in [0.25, 0.3) is 0 Å². The van der Waals surface area contributed by atoms with Gasteiger partial charge in [-0.2, -0.15) is 0 Å². The van der Waals surface area contributed by atoms with Gasteiger partial charge in [0.1, 0.15) is 0 Å². The summed E-state index contributed by atoms with van der Waals surface area (Å²) >= 11 is 6.49. The number of carbonyl (C=O) groups excluding carboxylic acids is 1. The van der Waals surface area contributed by atoms with Crippen LogP contribution in [-0.4, -0.2) is 43.7 Å². The molecular weight excluding hydrogens is 450 g/mol. The highest BCUT2D eigenvalue weighted by Crippen LogP contribution is 2.38. The Morgan fingerprint density at radius 3 is 2.85 bits per heavy atom. The first-order valence-electron chi connectivity index (χ1n) is 12.3. The zero-order valence-electron chi connectivity index (χ0n) is 20.5. The van der Waals surface area contributed by atoms with Gasteiger partial charge >= 0.3 is 0 Å². The Morgan fingerprint density at radius 2 is 2.03 bits per heavy atom. The molecule has 0 saturated heterocycles. The Morgan fingerprint density at radius 1 is 1.21 bits per heavy atom. The van der Waals surface area contributed by atoms with Crippen LogP contribution in [0.1, 0.15) is 43.9 Å². The summed E-state index contributed by atoms with van der Waals surface area (Å²) in [6.45, 7) is 11.0. The first-order valence-corrected chi connectivity index (χ1v) is 12.7. The average Bonchev–Trinajstić information content (AvgIpc) is 3.16. The molecule has 0 radical (unpaired) electrons. The molecule has 0 unspecified atom stereocenters. The molecule has 2 aliphatic rings. The van der Waals surface area contributed by atoms with E-state index in [0.717, 1.165) is 31.5 Å². The van der Waals surface area contributed by atoms with Gasteiger partial charge in [0.15, 0.2) is 11.5 Å². The largest absolute Gasteiger partial charge is 0.489 e. The lowest BCUT2D eigenvalue weighted by molar-refractivity contribution is -0.136. The standard InChI is InChI=1S/C27H36ClN3O3/c1-18(2)16-31(17-20-12-23(28)26-24(13-20)33-10-5-11-34-26)27(32)19(3)14-29-15-22-7-4-6-21-8-9-30-25(21)22/h4,6-7,12-13,18-19,29-30H,5,8-11,14-17H2,1-3H3/t19-/m0/s1. The predicted octanol–water partition coefficient (Wildman–Crippen LogP) is 4.88. The van der Waals surface area contributed by atoms with E-state index < -0.39 is 0 Å². The number of fused-ring (bicyclic) bond motifs is 2. The fourth-order valence-electron chi connectivity index (χ4n) is 4.65. The van der Waals surface area contributed by atoms with E-state index in [1.807, 2.05) is 24.0 Å². The van der Waals surface area contributed by atoms with E-state index in [2.05, 4.69) is 42.7 Å². The predicted molar refractivity (Wildman–Crippen MR) is 137 cm³/mol. The monoisotopic (exact) mass is 485 g/mol. The number of benzene rings is 2. The second kappa shape index (κ2) is 11.3. The van der Waals surface area contributed by atoms with Crippen LogP contribution in [-0.2, 0) is 24.3 Å². The summed E-state index contributed by atoms with van der Waals surface area (Å²) < 4.78 is 11.6. The third-order valence-electron chi connectivity index (χ3n) is 6.25. The van der Waals surface area contributed by atoms with Crippen molar-refractivity contribution in [1.82, 2.24) is 10.2 Å². The number of hydrogen-bond donors (Lipinski definition) is 2. The van der Waals surface area contributed by atoms with Crippen molar-refractivity contribution in [2.24, 2.45) is 11.8 Å². The summed E-state index contributed by atoms with van der Waals surface area (Å²) in [4.78, 5) is 15.4. The second-order valence-electron chi connectivity index (χ2n) is 9.73.